The average Bonchev–Trinajstić information content (AvgIpc) is 2.87. The van der Waals surface area contributed by atoms with Gasteiger partial charge < -0.3 is 9.47 Å². The second kappa shape index (κ2) is 6.72. The summed E-state index contributed by atoms with van der Waals surface area (Å²) in [6.45, 7) is 6.13. The maximum absolute atomic E-state index is 11.5. The summed E-state index contributed by atoms with van der Waals surface area (Å²) < 4.78 is 11.0. The third-order valence-electron chi connectivity index (χ3n) is 2.99. The lowest BCUT2D eigenvalue weighted by atomic mass is 10.2. The predicted octanol–water partition coefficient (Wildman–Crippen LogP) is 4.12. The van der Waals surface area contributed by atoms with Gasteiger partial charge in [-0.25, -0.2) is 4.98 Å². The summed E-state index contributed by atoms with van der Waals surface area (Å²) in [7, 11) is 1.62. The zero-order valence-corrected chi connectivity index (χ0v) is 13.5. The van der Waals surface area contributed by atoms with Crippen LogP contribution in [0.15, 0.2) is 18.2 Å². The minimum Gasteiger partial charge on any atom is -0.493 e. The molecule has 0 atom stereocenters. The molecule has 0 bridgehead atoms. The van der Waals surface area contributed by atoms with E-state index in [2.05, 4.69) is 11.9 Å². The van der Waals surface area contributed by atoms with E-state index in [9.17, 15) is 4.79 Å². The molecule has 0 aliphatic rings. The number of hydrogen-bond donors (Lipinski definition) is 0. The zero-order valence-electron chi connectivity index (χ0n) is 12.7. The van der Waals surface area contributed by atoms with Gasteiger partial charge in [-0.1, -0.05) is 6.92 Å². The molecule has 0 unspecified atom stereocenters. The molecule has 1 heterocycles. The number of rotatable bonds is 6. The van der Waals surface area contributed by atoms with Gasteiger partial charge in [0.05, 0.1) is 24.3 Å². The van der Waals surface area contributed by atoms with Crippen LogP contribution in [0.1, 0.15) is 35.6 Å². The molecule has 0 radical (unpaired) electrons. The highest BCUT2D eigenvalue weighted by Gasteiger charge is 2.14. The van der Waals surface area contributed by atoms with Crippen LogP contribution in [0, 0.1) is 6.92 Å². The van der Waals surface area contributed by atoms with Gasteiger partial charge in [0.1, 0.15) is 5.01 Å². The van der Waals surface area contributed by atoms with Gasteiger partial charge in [0.15, 0.2) is 17.3 Å². The second-order valence-electron chi connectivity index (χ2n) is 4.70. The number of ketones is 1. The molecular weight excluding hydrogens is 286 g/mol. The van der Waals surface area contributed by atoms with Crippen LogP contribution in [0.5, 0.6) is 11.5 Å². The van der Waals surface area contributed by atoms with Crippen molar-refractivity contribution in [1.29, 1.82) is 0 Å². The van der Waals surface area contributed by atoms with Crippen molar-refractivity contribution in [3.63, 3.8) is 0 Å². The molecule has 0 saturated carbocycles. The molecule has 5 heteroatoms. The van der Waals surface area contributed by atoms with Crippen molar-refractivity contribution in [2.24, 2.45) is 0 Å². The first kappa shape index (κ1) is 15.5. The number of hydrogen-bond acceptors (Lipinski definition) is 5. The number of thiazole rings is 1. The van der Waals surface area contributed by atoms with Gasteiger partial charge in [0.2, 0.25) is 0 Å². The number of aromatic nitrogens is 1. The van der Waals surface area contributed by atoms with Crippen molar-refractivity contribution in [3.05, 3.63) is 28.8 Å². The number of carbonyl (C=O) groups excluding carboxylic acids is 1. The lowest BCUT2D eigenvalue weighted by Crippen LogP contribution is -1.97. The summed E-state index contributed by atoms with van der Waals surface area (Å²) in [6, 6.07) is 5.72. The highest BCUT2D eigenvalue weighted by Crippen LogP contribution is 2.35. The Labute approximate surface area is 128 Å². The van der Waals surface area contributed by atoms with Gasteiger partial charge >= 0.3 is 0 Å². The monoisotopic (exact) mass is 305 g/mol. The maximum Gasteiger partial charge on any atom is 0.171 e. The standard InChI is InChI=1S/C16H19NO3S/c1-5-8-20-13-7-6-12(9-14(13)19-4)16-17-10(2)15(21-16)11(3)18/h6-7,9H,5,8H2,1-4H3. The summed E-state index contributed by atoms with van der Waals surface area (Å²) >= 11 is 1.41. The van der Waals surface area contributed by atoms with E-state index in [1.54, 1.807) is 14.0 Å². The van der Waals surface area contributed by atoms with E-state index < -0.39 is 0 Å². The molecule has 2 aromatic rings. The summed E-state index contributed by atoms with van der Waals surface area (Å²) in [5, 5.41) is 0.818. The third kappa shape index (κ3) is 3.42. The summed E-state index contributed by atoms with van der Waals surface area (Å²) in [4.78, 5) is 16.7. The van der Waals surface area contributed by atoms with Crippen molar-refractivity contribution >= 4 is 17.1 Å². The molecule has 21 heavy (non-hydrogen) atoms. The lowest BCUT2D eigenvalue weighted by Gasteiger charge is -2.10. The molecular formula is C16H19NO3S. The number of methoxy groups -OCH3 is 1. The average molecular weight is 305 g/mol. The normalized spacial score (nSPS) is 10.5. The van der Waals surface area contributed by atoms with E-state index in [1.807, 2.05) is 25.1 Å². The van der Waals surface area contributed by atoms with Gasteiger partial charge in [-0.2, -0.15) is 0 Å². The van der Waals surface area contributed by atoms with E-state index in [1.165, 1.54) is 11.3 Å². The minimum absolute atomic E-state index is 0.0473. The minimum atomic E-state index is 0.0473. The summed E-state index contributed by atoms with van der Waals surface area (Å²) in [5.74, 6) is 1.45. The van der Waals surface area contributed by atoms with Crippen LogP contribution in [0.3, 0.4) is 0 Å². The van der Waals surface area contributed by atoms with Gasteiger partial charge in [0.25, 0.3) is 0 Å². The van der Waals surface area contributed by atoms with Gasteiger partial charge in [-0.05, 0) is 31.5 Å². The molecule has 0 fully saturated rings. The summed E-state index contributed by atoms with van der Waals surface area (Å²) in [6.07, 6.45) is 0.943. The molecule has 112 valence electrons. The Balaban J connectivity index is 2.36. The number of benzene rings is 1. The fourth-order valence-electron chi connectivity index (χ4n) is 1.98. The number of ether oxygens (including phenoxy) is 2. The van der Waals surface area contributed by atoms with Crippen LogP contribution >= 0.6 is 11.3 Å². The van der Waals surface area contributed by atoms with Crippen molar-refractivity contribution in [2.75, 3.05) is 13.7 Å². The van der Waals surface area contributed by atoms with Crippen LogP contribution in [-0.2, 0) is 0 Å². The largest absolute Gasteiger partial charge is 0.493 e. The molecule has 4 nitrogen and oxygen atoms in total. The van der Waals surface area contributed by atoms with E-state index in [0.29, 0.717) is 17.2 Å². The number of Topliss-reactive ketones (excluding diaryl/α,β-unsaturated/α-hetero) is 1. The molecule has 2 rings (SSSR count). The highest BCUT2D eigenvalue weighted by molar-refractivity contribution is 7.17. The lowest BCUT2D eigenvalue weighted by molar-refractivity contribution is 0.102. The number of carbonyl (C=O) groups is 1. The Hall–Kier alpha value is -1.88. The Morgan fingerprint density at radius 2 is 2.10 bits per heavy atom. The Kier molecular flexibility index (Phi) is 4.96. The third-order valence-corrected chi connectivity index (χ3v) is 4.30. The first-order valence-electron chi connectivity index (χ1n) is 6.86. The van der Waals surface area contributed by atoms with Crippen LogP contribution < -0.4 is 9.47 Å². The van der Waals surface area contributed by atoms with Gasteiger partial charge in [-0.15, -0.1) is 11.3 Å². The number of aryl methyl sites for hydroxylation is 1. The zero-order chi connectivity index (χ0) is 15.4. The fourth-order valence-corrected chi connectivity index (χ4v) is 2.94. The molecule has 0 saturated heterocycles. The quantitative estimate of drug-likeness (QED) is 0.753. The molecule has 1 aromatic carbocycles. The van der Waals surface area contributed by atoms with E-state index in [0.717, 1.165) is 28.4 Å². The van der Waals surface area contributed by atoms with Gasteiger partial charge in [0, 0.05) is 12.5 Å². The van der Waals surface area contributed by atoms with Crippen LogP contribution in [-0.4, -0.2) is 24.5 Å². The number of nitrogens with zero attached hydrogens (tertiary/aromatic N) is 1. The van der Waals surface area contributed by atoms with Gasteiger partial charge in [-0.3, -0.25) is 4.79 Å². The Morgan fingerprint density at radius 3 is 2.67 bits per heavy atom. The van der Waals surface area contributed by atoms with E-state index >= 15 is 0 Å². The molecule has 1 aromatic heterocycles. The second-order valence-corrected chi connectivity index (χ2v) is 5.70. The van der Waals surface area contributed by atoms with Crippen LogP contribution in [0.2, 0.25) is 0 Å². The SMILES string of the molecule is CCCOc1ccc(-c2nc(C)c(C(C)=O)s2)cc1OC. The first-order chi connectivity index (χ1) is 10.1. The molecule has 0 amide bonds. The molecule has 0 aliphatic carbocycles. The van der Waals surface area contributed by atoms with Crippen molar-refractivity contribution < 1.29 is 14.3 Å². The van der Waals surface area contributed by atoms with Crippen molar-refractivity contribution in [3.8, 4) is 22.1 Å². The van der Waals surface area contributed by atoms with Crippen molar-refractivity contribution in [1.82, 2.24) is 4.98 Å². The topological polar surface area (TPSA) is 48.4 Å². The predicted molar refractivity (Wildman–Crippen MR) is 84.6 cm³/mol. The highest BCUT2D eigenvalue weighted by atomic mass is 32.1. The Bertz CT molecular complexity index is 649. The van der Waals surface area contributed by atoms with E-state index in [4.69, 9.17) is 9.47 Å². The summed E-state index contributed by atoms with van der Waals surface area (Å²) in [5.41, 5.74) is 1.70. The van der Waals surface area contributed by atoms with Crippen molar-refractivity contribution in [2.45, 2.75) is 27.2 Å². The Morgan fingerprint density at radius 1 is 1.33 bits per heavy atom. The maximum atomic E-state index is 11.5. The van der Waals surface area contributed by atoms with Crippen LogP contribution in [0.25, 0.3) is 10.6 Å². The van der Waals surface area contributed by atoms with E-state index in [-0.39, 0.29) is 5.78 Å². The molecule has 0 aliphatic heterocycles. The first-order valence-corrected chi connectivity index (χ1v) is 7.68. The molecule has 0 N–H and O–H groups in total. The fraction of sp³-hybridized carbons (Fsp3) is 0.375. The molecule has 0 spiro atoms. The van der Waals surface area contributed by atoms with Crippen LogP contribution in [0.4, 0.5) is 0 Å². The smallest absolute Gasteiger partial charge is 0.171 e.